The zero-order valence-corrected chi connectivity index (χ0v) is 14.4. The summed E-state index contributed by atoms with van der Waals surface area (Å²) in [5.41, 5.74) is 1.05. The highest BCUT2D eigenvalue weighted by molar-refractivity contribution is 6.14. The quantitative estimate of drug-likeness (QED) is 0.827. The van der Waals surface area contributed by atoms with Gasteiger partial charge in [-0.05, 0) is 46.1 Å². The van der Waals surface area contributed by atoms with Crippen LogP contribution in [0.15, 0.2) is 23.8 Å². The van der Waals surface area contributed by atoms with Crippen molar-refractivity contribution in [2.75, 3.05) is 0 Å². The average molecular weight is 316 g/mol. The Balaban J connectivity index is 3.06. The Kier molecular flexibility index (Phi) is 4.14. The molecule has 2 N–H and O–H groups in total. The average Bonchev–Trinajstić information content (AvgIpc) is 2.78. The van der Waals surface area contributed by atoms with E-state index in [1.165, 1.54) is 0 Å². The van der Waals surface area contributed by atoms with Crippen molar-refractivity contribution in [2.24, 2.45) is 5.41 Å². The van der Waals surface area contributed by atoms with E-state index in [0.29, 0.717) is 17.6 Å². The van der Waals surface area contributed by atoms with E-state index in [2.05, 4.69) is 0 Å². The van der Waals surface area contributed by atoms with Crippen LogP contribution in [0.4, 0.5) is 0 Å². The maximum Gasteiger partial charge on any atom is 0.329 e. The Morgan fingerprint density at radius 1 is 1.04 bits per heavy atom. The lowest BCUT2D eigenvalue weighted by Gasteiger charge is -2.33. The monoisotopic (exact) mass is 316 g/mol. The Labute approximate surface area is 136 Å². The first-order chi connectivity index (χ1) is 10.6. The van der Waals surface area contributed by atoms with E-state index in [0.717, 1.165) is 23.1 Å². The molecule has 0 heterocycles. The standard InChI is InChI=1S/C19H24O4/c1-6-11-9-8-10-13-14(11)12(7-2)15(18(3,4)5)19(13,16(20)21)17(22)23/h8-10H,6-7H2,1-5H3,(H,20,21)(H,22,23). The lowest BCUT2D eigenvalue weighted by molar-refractivity contribution is -0.155. The highest BCUT2D eigenvalue weighted by Gasteiger charge is 2.60. The van der Waals surface area contributed by atoms with Crippen LogP contribution in [0.3, 0.4) is 0 Å². The second kappa shape index (κ2) is 5.52. The Hall–Kier alpha value is -2.10. The fourth-order valence-corrected chi connectivity index (χ4v) is 3.95. The van der Waals surface area contributed by atoms with Crippen molar-refractivity contribution in [3.8, 4) is 0 Å². The Morgan fingerprint density at radius 3 is 2.00 bits per heavy atom. The predicted molar refractivity (Wildman–Crippen MR) is 89.4 cm³/mol. The van der Waals surface area contributed by atoms with Gasteiger partial charge in [0, 0.05) is 0 Å². The third-order valence-electron chi connectivity index (χ3n) is 4.66. The molecule has 2 rings (SSSR count). The van der Waals surface area contributed by atoms with Crippen LogP contribution in [-0.4, -0.2) is 22.2 Å². The molecule has 1 aliphatic rings. The molecule has 0 saturated heterocycles. The number of aryl methyl sites for hydroxylation is 1. The van der Waals surface area contributed by atoms with E-state index in [9.17, 15) is 19.8 Å². The first-order valence-electron chi connectivity index (χ1n) is 7.97. The summed E-state index contributed by atoms with van der Waals surface area (Å²) in [6, 6.07) is 5.37. The van der Waals surface area contributed by atoms with Crippen molar-refractivity contribution in [1.29, 1.82) is 0 Å². The second-order valence-corrected chi connectivity index (χ2v) is 7.01. The Morgan fingerprint density at radius 2 is 1.61 bits per heavy atom. The van der Waals surface area contributed by atoms with Crippen molar-refractivity contribution in [3.63, 3.8) is 0 Å². The highest BCUT2D eigenvalue weighted by atomic mass is 16.4. The van der Waals surface area contributed by atoms with Gasteiger partial charge in [0.1, 0.15) is 0 Å². The number of hydrogen-bond acceptors (Lipinski definition) is 2. The second-order valence-electron chi connectivity index (χ2n) is 7.01. The SMILES string of the molecule is CCC1=C(C(C)(C)C)C(C(=O)O)(C(=O)O)c2cccc(CC)c21. The maximum atomic E-state index is 12.2. The zero-order chi connectivity index (χ0) is 17.6. The minimum Gasteiger partial charge on any atom is -0.480 e. The molecule has 0 radical (unpaired) electrons. The number of hydrogen-bond donors (Lipinski definition) is 2. The number of carbonyl (C=O) groups is 2. The Bertz CT molecular complexity index is 691. The predicted octanol–water partition coefficient (Wildman–Crippen LogP) is 3.88. The normalized spacial score (nSPS) is 16.4. The first-order valence-corrected chi connectivity index (χ1v) is 7.97. The van der Waals surface area contributed by atoms with Crippen LogP contribution in [0.2, 0.25) is 0 Å². The van der Waals surface area contributed by atoms with Gasteiger partial charge >= 0.3 is 11.9 Å². The molecule has 1 aromatic rings. The van der Waals surface area contributed by atoms with Gasteiger partial charge in [0.15, 0.2) is 0 Å². The molecular formula is C19H24O4. The summed E-state index contributed by atoms with van der Waals surface area (Å²) in [6.45, 7) is 9.61. The van der Waals surface area contributed by atoms with E-state index in [1.54, 1.807) is 12.1 Å². The first kappa shape index (κ1) is 17.3. The molecule has 0 aliphatic heterocycles. The summed E-state index contributed by atoms with van der Waals surface area (Å²) in [6.07, 6.45) is 1.35. The smallest absolute Gasteiger partial charge is 0.329 e. The van der Waals surface area contributed by atoms with Crippen molar-refractivity contribution < 1.29 is 19.8 Å². The molecule has 4 nitrogen and oxygen atoms in total. The van der Waals surface area contributed by atoms with Gasteiger partial charge in [-0.2, -0.15) is 0 Å². The van der Waals surface area contributed by atoms with E-state index in [4.69, 9.17) is 0 Å². The van der Waals surface area contributed by atoms with E-state index in [-0.39, 0.29) is 0 Å². The van der Waals surface area contributed by atoms with Crippen LogP contribution in [-0.2, 0) is 21.4 Å². The molecule has 0 aromatic heterocycles. The molecule has 0 unspecified atom stereocenters. The van der Waals surface area contributed by atoms with Crippen LogP contribution >= 0.6 is 0 Å². The van der Waals surface area contributed by atoms with E-state index >= 15 is 0 Å². The number of fused-ring (bicyclic) bond motifs is 1. The number of carboxylic acids is 2. The summed E-state index contributed by atoms with van der Waals surface area (Å²) in [4.78, 5) is 24.5. The lowest BCUT2D eigenvalue weighted by atomic mass is 9.67. The molecular weight excluding hydrogens is 292 g/mol. The van der Waals surface area contributed by atoms with Crippen LogP contribution in [0, 0.1) is 5.41 Å². The molecule has 124 valence electrons. The third-order valence-corrected chi connectivity index (χ3v) is 4.66. The van der Waals surface area contributed by atoms with Crippen molar-refractivity contribution in [3.05, 3.63) is 40.5 Å². The van der Waals surface area contributed by atoms with Gasteiger partial charge in [-0.3, -0.25) is 9.59 Å². The molecule has 0 atom stereocenters. The lowest BCUT2D eigenvalue weighted by Crippen LogP contribution is -2.47. The summed E-state index contributed by atoms with van der Waals surface area (Å²) in [5, 5.41) is 20.0. The third kappa shape index (κ3) is 2.19. The summed E-state index contributed by atoms with van der Waals surface area (Å²) < 4.78 is 0. The number of allylic oxidation sites excluding steroid dienone is 1. The molecule has 0 fully saturated rings. The fraction of sp³-hybridized carbons (Fsp3) is 0.474. The largest absolute Gasteiger partial charge is 0.480 e. The van der Waals surface area contributed by atoms with Gasteiger partial charge in [0.05, 0.1) is 0 Å². The van der Waals surface area contributed by atoms with Crippen LogP contribution in [0.25, 0.3) is 5.57 Å². The number of benzene rings is 1. The van der Waals surface area contributed by atoms with Gasteiger partial charge in [0.2, 0.25) is 5.41 Å². The van der Waals surface area contributed by atoms with Gasteiger partial charge < -0.3 is 10.2 Å². The van der Waals surface area contributed by atoms with Crippen LogP contribution < -0.4 is 0 Å². The van der Waals surface area contributed by atoms with E-state index < -0.39 is 22.8 Å². The summed E-state index contributed by atoms with van der Waals surface area (Å²) in [7, 11) is 0. The number of rotatable bonds is 4. The fourth-order valence-electron chi connectivity index (χ4n) is 3.95. The topological polar surface area (TPSA) is 74.6 Å². The number of aliphatic carboxylic acids is 2. The van der Waals surface area contributed by atoms with Gasteiger partial charge in [-0.1, -0.05) is 52.8 Å². The maximum absolute atomic E-state index is 12.2. The highest BCUT2D eigenvalue weighted by Crippen LogP contribution is 2.55. The molecule has 1 aromatic carbocycles. The molecule has 23 heavy (non-hydrogen) atoms. The minimum absolute atomic E-state index is 0.402. The summed E-state index contributed by atoms with van der Waals surface area (Å²) in [5.74, 6) is -2.62. The molecule has 1 aliphatic carbocycles. The molecule has 0 bridgehead atoms. The van der Waals surface area contributed by atoms with E-state index in [1.807, 2.05) is 40.7 Å². The molecule has 4 heteroatoms. The molecule has 0 spiro atoms. The minimum atomic E-state index is -2.00. The van der Waals surface area contributed by atoms with Crippen LogP contribution in [0.1, 0.15) is 57.7 Å². The molecule has 0 amide bonds. The summed E-state index contributed by atoms with van der Waals surface area (Å²) >= 11 is 0. The van der Waals surface area contributed by atoms with Gasteiger partial charge in [0.25, 0.3) is 0 Å². The van der Waals surface area contributed by atoms with Crippen LogP contribution in [0.5, 0.6) is 0 Å². The van der Waals surface area contributed by atoms with Crippen molar-refractivity contribution >= 4 is 17.5 Å². The molecule has 0 saturated carbocycles. The zero-order valence-electron chi connectivity index (χ0n) is 14.4. The number of carboxylic acid groups (broad SMARTS) is 2. The van der Waals surface area contributed by atoms with Gasteiger partial charge in [-0.25, -0.2) is 0 Å². The van der Waals surface area contributed by atoms with Crippen molar-refractivity contribution in [1.82, 2.24) is 0 Å². The van der Waals surface area contributed by atoms with Crippen molar-refractivity contribution in [2.45, 2.75) is 52.9 Å². The van der Waals surface area contributed by atoms with Gasteiger partial charge in [-0.15, -0.1) is 0 Å².